The van der Waals surface area contributed by atoms with E-state index in [1.54, 1.807) is 0 Å². The third-order valence-electron chi connectivity index (χ3n) is 5.08. The van der Waals surface area contributed by atoms with Gasteiger partial charge in [0.15, 0.2) is 6.61 Å². The predicted molar refractivity (Wildman–Crippen MR) is 80.0 cm³/mol. The van der Waals surface area contributed by atoms with E-state index in [0.717, 1.165) is 17.7 Å². The van der Waals surface area contributed by atoms with Crippen LogP contribution in [0.15, 0.2) is 24.3 Å². The zero-order chi connectivity index (χ0) is 14.8. The van der Waals surface area contributed by atoms with Gasteiger partial charge >= 0.3 is 0 Å². The number of hydrogen-bond acceptors (Lipinski definition) is 3. The fraction of sp³-hybridized carbons (Fsp3) is 0.588. The summed E-state index contributed by atoms with van der Waals surface area (Å²) in [5.74, 6) is 2.01. The number of nitrogens with one attached hydrogen (secondary N) is 1. The molecule has 2 N–H and O–H groups in total. The van der Waals surface area contributed by atoms with Crippen LogP contribution in [-0.4, -0.2) is 30.3 Å². The van der Waals surface area contributed by atoms with Gasteiger partial charge < -0.3 is 15.2 Å². The van der Waals surface area contributed by atoms with E-state index < -0.39 is 0 Å². The van der Waals surface area contributed by atoms with Crippen LogP contribution in [0.25, 0.3) is 0 Å². The topological polar surface area (TPSA) is 58.6 Å². The van der Waals surface area contributed by atoms with Crippen LogP contribution in [-0.2, 0) is 4.79 Å². The molecule has 2 saturated carbocycles. The molecule has 1 aromatic rings. The van der Waals surface area contributed by atoms with Crippen molar-refractivity contribution in [1.29, 1.82) is 0 Å². The first-order valence-corrected chi connectivity index (χ1v) is 7.77. The average molecular weight is 289 g/mol. The third kappa shape index (κ3) is 2.91. The Hall–Kier alpha value is -1.55. The lowest BCUT2D eigenvalue weighted by atomic mass is 9.85. The van der Waals surface area contributed by atoms with Crippen molar-refractivity contribution >= 4 is 5.91 Å². The minimum Gasteiger partial charge on any atom is -0.484 e. The van der Waals surface area contributed by atoms with Gasteiger partial charge in [-0.1, -0.05) is 18.2 Å². The van der Waals surface area contributed by atoms with Crippen LogP contribution in [0.1, 0.15) is 24.8 Å². The lowest BCUT2D eigenvalue weighted by Gasteiger charge is -2.30. The molecule has 4 nitrogen and oxygen atoms in total. The zero-order valence-electron chi connectivity index (χ0n) is 12.4. The number of aliphatic hydroxyl groups excluding tert-OH is 1. The number of hydrogen-bond donors (Lipinski definition) is 2. The Morgan fingerprint density at radius 3 is 2.86 bits per heavy atom. The second kappa shape index (κ2) is 6.06. The van der Waals surface area contributed by atoms with Crippen LogP contribution < -0.4 is 10.1 Å². The quantitative estimate of drug-likeness (QED) is 0.870. The molecule has 3 rings (SSSR count). The van der Waals surface area contributed by atoms with Crippen molar-refractivity contribution in [3.63, 3.8) is 0 Å². The summed E-state index contributed by atoms with van der Waals surface area (Å²) >= 11 is 0. The molecule has 0 aliphatic heterocycles. The van der Waals surface area contributed by atoms with Gasteiger partial charge in [-0.05, 0) is 49.7 Å². The molecular formula is C17H23NO3. The maximum Gasteiger partial charge on any atom is 0.258 e. The van der Waals surface area contributed by atoms with E-state index in [1.165, 1.54) is 12.8 Å². The molecule has 1 aromatic carbocycles. The molecular weight excluding hydrogens is 266 g/mol. The van der Waals surface area contributed by atoms with Gasteiger partial charge in [-0.2, -0.15) is 0 Å². The summed E-state index contributed by atoms with van der Waals surface area (Å²) in [4.78, 5) is 12.1. The monoisotopic (exact) mass is 289 g/mol. The van der Waals surface area contributed by atoms with Gasteiger partial charge in [0.05, 0.1) is 0 Å². The van der Waals surface area contributed by atoms with Crippen molar-refractivity contribution in [3.8, 4) is 5.75 Å². The number of fused-ring (bicyclic) bond motifs is 2. The van der Waals surface area contributed by atoms with E-state index in [1.807, 2.05) is 31.2 Å². The zero-order valence-corrected chi connectivity index (χ0v) is 12.4. The van der Waals surface area contributed by atoms with Crippen LogP contribution in [0.2, 0.25) is 0 Å². The molecule has 2 aliphatic carbocycles. The molecule has 0 heterocycles. The maximum absolute atomic E-state index is 12.1. The van der Waals surface area contributed by atoms with Crippen molar-refractivity contribution in [2.75, 3.05) is 13.2 Å². The van der Waals surface area contributed by atoms with Crippen molar-refractivity contribution in [3.05, 3.63) is 29.8 Å². The molecule has 4 heteroatoms. The summed E-state index contributed by atoms with van der Waals surface area (Å²) in [6, 6.07) is 7.81. The largest absolute Gasteiger partial charge is 0.484 e. The fourth-order valence-corrected chi connectivity index (χ4v) is 3.99. The Labute approximate surface area is 125 Å². The highest BCUT2D eigenvalue weighted by atomic mass is 16.5. The van der Waals surface area contributed by atoms with Gasteiger partial charge in [0.2, 0.25) is 0 Å². The molecule has 2 fully saturated rings. The summed E-state index contributed by atoms with van der Waals surface area (Å²) in [5.41, 5.74) is 1.03. The van der Waals surface area contributed by atoms with Crippen molar-refractivity contribution in [1.82, 2.24) is 5.32 Å². The first kappa shape index (κ1) is 14.4. The van der Waals surface area contributed by atoms with Crippen LogP contribution in [0.3, 0.4) is 0 Å². The molecule has 1 amide bonds. The van der Waals surface area contributed by atoms with Crippen molar-refractivity contribution in [2.45, 2.75) is 32.2 Å². The summed E-state index contributed by atoms with van der Waals surface area (Å²) in [6.07, 6.45) is 3.52. The number of rotatable bonds is 5. The van der Waals surface area contributed by atoms with E-state index in [0.29, 0.717) is 11.8 Å². The second-order valence-electron chi connectivity index (χ2n) is 6.33. The Balaban J connectivity index is 1.54. The summed E-state index contributed by atoms with van der Waals surface area (Å²) in [6.45, 7) is 2.17. The molecule has 114 valence electrons. The minimum atomic E-state index is -0.0887. The Morgan fingerprint density at radius 1 is 1.33 bits per heavy atom. The van der Waals surface area contributed by atoms with Gasteiger partial charge in [-0.15, -0.1) is 0 Å². The molecule has 4 atom stereocenters. The lowest BCUT2D eigenvalue weighted by molar-refractivity contribution is -0.124. The van der Waals surface area contributed by atoms with Crippen LogP contribution in [0, 0.1) is 24.7 Å². The molecule has 0 spiro atoms. The normalized spacial score (nSPS) is 30.4. The second-order valence-corrected chi connectivity index (χ2v) is 6.33. The number of para-hydroxylation sites is 1. The van der Waals surface area contributed by atoms with E-state index in [4.69, 9.17) is 4.74 Å². The number of benzene rings is 1. The van der Waals surface area contributed by atoms with Crippen LogP contribution in [0.5, 0.6) is 5.75 Å². The van der Waals surface area contributed by atoms with Gasteiger partial charge in [0, 0.05) is 18.6 Å². The van der Waals surface area contributed by atoms with E-state index in [-0.39, 0.29) is 31.1 Å². The average Bonchev–Trinajstić information content (AvgIpc) is 3.07. The number of carbonyl (C=O) groups excluding carboxylic acids is 1. The fourth-order valence-electron chi connectivity index (χ4n) is 3.99. The number of carbonyl (C=O) groups is 1. The van der Waals surface area contributed by atoms with Crippen molar-refractivity contribution < 1.29 is 14.6 Å². The van der Waals surface area contributed by atoms with Crippen LogP contribution >= 0.6 is 0 Å². The molecule has 0 saturated heterocycles. The Bertz CT molecular complexity index is 517. The highest BCUT2D eigenvalue weighted by molar-refractivity contribution is 5.78. The summed E-state index contributed by atoms with van der Waals surface area (Å²) < 4.78 is 5.58. The Morgan fingerprint density at radius 2 is 2.10 bits per heavy atom. The molecule has 0 radical (unpaired) electrons. The standard InChI is InChI=1S/C17H23NO3/c1-11-4-2-3-5-15(11)21-10-16(20)18-17-13-7-6-12(8-13)14(17)9-19/h2-5,12-14,17,19H,6-10H2,1H3,(H,18,20). The Kier molecular flexibility index (Phi) is 4.15. The number of ether oxygens (including phenoxy) is 1. The molecule has 2 aliphatic rings. The number of aliphatic hydroxyl groups is 1. The first-order valence-electron chi connectivity index (χ1n) is 7.77. The predicted octanol–water partition coefficient (Wildman–Crippen LogP) is 1.90. The number of amides is 1. The summed E-state index contributed by atoms with van der Waals surface area (Å²) in [7, 11) is 0. The molecule has 4 unspecified atom stereocenters. The third-order valence-corrected chi connectivity index (χ3v) is 5.08. The molecule has 2 bridgehead atoms. The van der Waals surface area contributed by atoms with Gasteiger partial charge in [-0.25, -0.2) is 0 Å². The maximum atomic E-state index is 12.1. The molecule has 0 aromatic heterocycles. The van der Waals surface area contributed by atoms with E-state index in [9.17, 15) is 9.90 Å². The van der Waals surface area contributed by atoms with Gasteiger partial charge in [0.1, 0.15) is 5.75 Å². The molecule has 21 heavy (non-hydrogen) atoms. The highest BCUT2D eigenvalue weighted by Gasteiger charge is 2.47. The van der Waals surface area contributed by atoms with Crippen molar-refractivity contribution in [2.24, 2.45) is 17.8 Å². The van der Waals surface area contributed by atoms with E-state index >= 15 is 0 Å². The van der Waals surface area contributed by atoms with Gasteiger partial charge in [0.25, 0.3) is 5.91 Å². The number of aryl methyl sites for hydroxylation is 1. The van der Waals surface area contributed by atoms with Gasteiger partial charge in [-0.3, -0.25) is 4.79 Å². The smallest absolute Gasteiger partial charge is 0.258 e. The SMILES string of the molecule is Cc1ccccc1OCC(=O)NC1C2CCC(C2)C1CO. The van der Waals surface area contributed by atoms with E-state index in [2.05, 4.69) is 5.32 Å². The minimum absolute atomic E-state index is 0.0386. The van der Waals surface area contributed by atoms with Crippen LogP contribution in [0.4, 0.5) is 0 Å². The highest BCUT2D eigenvalue weighted by Crippen LogP contribution is 2.48. The lowest BCUT2D eigenvalue weighted by Crippen LogP contribution is -2.46. The summed E-state index contributed by atoms with van der Waals surface area (Å²) in [5, 5.41) is 12.6. The first-order chi connectivity index (χ1) is 10.2.